The number of methoxy groups -OCH3 is 1. The lowest BCUT2D eigenvalue weighted by Crippen LogP contribution is -2.38. The van der Waals surface area contributed by atoms with Gasteiger partial charge in [-0.3, -0.25) is 9.88 Å². The SMILES string of the molecule is COc1cc2nccc(Oc3ccc(Nc4ccc(C(C)(C)C)cc4)cc3)c2cc1OCCN1CCOCC1. The van der Waals surface area contributed by atoms with Gasteiger partial charge in [0, 0.05) is 48.7 Å². The number of anilines is 2. The molecule has 1 aliphatic heterocycles. The molecular formula is C32H37N3O4. The van der Waals surface area contributed by atoms with Crippen molar-refractivity contribution in [2.75, 3.05) is 51.9 Å². The number of pyridine rings is 1. The van der Waals surface area contributed by atoms with Gasteiger partial charge in [0.2, 0.25) is 0 Å². The van der Waals surface area contributed by atoms with E-state index in [1.165, 1.54) is 5.56 Å². The zero-order chi connectivity index (χ0) is 27.2. The van der Waals surface area contributed by atoms with Crippen LogP contribution < -0.4 is 19.5 Å². The average molecular weight is 528 g/mol. The lowest BCUT2D eigenvalue weighted by Gasteiger charge is -2.26. The number of morpholine rings is 1. The van der Waals surface area contributed by atoms with Gasteiger partial charge in [0.05, 0.1) is 25.8 Å². The van der Waals surface area contributed by atoms with Crippen LogP contribution >= 0.6 is 0 Å². The molecule has 1 aromatic heterocycles. The van der Waals surface area contributed by atoms with Crippen molar-refractivity contribution in [3.63, 3.8) is 0 Å². The Bertz CT molecular complexity index is 1380. The third kappa shape index (κ3) is 6.80. The quantitative estimate of drug-likeness (QED) is 0.257. The number of ether oxygens (including phenoxy) is 4. The molecule has 7 heteroatoms. The Morgan fingerprint density at radius 1 is 0.872 bits per heavy atom. The number of aromatic nitrogens is 1. The molecule has 0 bridgehead atoms. The molecule has 2 heterocycles. The first-order chi connectivity index (χ1) is 18.9. The first-order valence-electron chi connectivity index (χ1n) is 13.4. The van der Waals surface area contributed by atoms with Crippen molar-refractivity contribution in [1.82, 2.24) is 9.88 Å². The number of fused-ring (bicyclic) bond motifs is 1. The van der Waals surface area contributed by atoms with E-state index in [0.29, 0.717) is 23.9 Å². The Hall–Kier alpha value is -3.81. The average Bonchev–Trinajstić information content (AvgIpc) is 2.94. The first-order valence-corrected chi connectivity index (χ1v) is 13.4. The van der Waals surface area contributed by atoms with Crippen molar-refractivity contribution in [2.45, 2.75) is 26.2 Å². The van der Waals surface area contributed by atoms with Crippen molar-refractivity contribution in [3.05, 3.63) is 78.5 Å². The Balaban J connectivity index is 1.28. The highest BCUT2D eigenvalue weighted by molar-refractivity contribution is 5.88. The van der Waals surface area contributed by atoms with Gasteiger partial charge < -0.3 is 24.3 Å². The maximum Gasteiger partial charge on any atom is 0.162 e. The Labute approximate surface area is 230 Å². The number of benzene rings is 3. The van der Waals surface area contributed by atoms with Crippen LogP contribution in [0.2, 0.25) is 0 Å². The van der Waals surface area contributed by atoms with Crippen molar-refractivity contribution in [1.29, 1.82) is 0 Å². The van der Waals surface area contributed by atoms with Crippen LogP contribution in [0.15, 0.2) is 72.9 Å². The van der Waals surface area contributed by atoms with Crippen LogP contribution in [0.5, 0.6) is 23.0 Å². The molecule has 204 valence electrons. The molecule has 1 fully saturated rings. The summed E-state index contributed by atoms with van der Waals surface area (Å²) in [5.74, 6) is 2.77. The lowest BCUT2D eigenvalue weighted by molar-refractivity contribution is 0.0321. The molecule has 1 saturated heterocycles. The summed E-state index contributed by atoms with van der Waals surface area (Å²) in [5, 5.41) is 4.32. The third-order valence-corrected chi connectivity index (χ3v) is 6.88. The summed E-state index contributed by atoms with van der Waals surface area (Å²) in [6, 6.07) is 22.2. The highest BCUT2D eigenvalue weighted by Crippen LogP contribution is 2.37. The number of nitrogens with zero attached hydrogens (tertiary/aromatic N) is 2. The first kappa shape index (κ1) is 26.8. The predicted octanol–water partition coefficient (Wildman–Crippen LogP) is 6.79. The highest BCUT2D eigenvalue weighted by Gasteiger charge is 2.15. The fraction of sp³-hybridized carbons (Fsp3) is 0.344. The van der Waals surface area contributed by atoms with E-state index in [0.717, 1.165) is 60.9 Å². The zero-order valence-corrected chi connectivity index (χ0v) is 23.2. The van der Waals surface area contributed by atoms with Gasteiger partial charge >= 0.3 is 0 Å². The van der Waals surface area contributed by atoms with Crippen LogP contribution in [0.25, 0.3) is 10.9 Å². The molecule has 0 atom stereocenters. The fourth-order valence-electron chi connectivity index (χ4n) is 4.55. The van der Waals surface area contributed by atoms with Crippen LogP contribution in [0.3, 0.4) is 0 Å². The van der Waals surface area contributed by atoms with E-state index < -0.39 is 0 Å². The maximum absolute atomic E-state index is 6.29. The number of nitrogens with one attached hydrogen (secondary N) is 1. The van der Waals surface area contributed by atoms with Gasteiger partial charge in [-0.2, -0.15) is 0 Å². The molecular weight excluding hydrogens is 490 g/mol. The second kappa shape index (κ2) is 11.9. The van der Waals surface area contributed by atoms with Gasteiger partial charge in [0.15, 0.2) is 11.5 Å². The van der Waals surface area contributed by atoms with E-state index in [4.69, 9.17) is 18.9 Å². The number of hydrogen-bond donors (Lipinski definition) is 1. The minimum Gasteiger partial charge on any atom is -0.493 e. The van der Waals surface area contributed by atoms with Gasteiger partial charge in [0.1, 0.15) is 18.1 Å². The molecule has 0 amide bonds. The minimum atomic E-state index is 0.135. The third-order valence-electron chi connectivity index (χ3n) is 6.88. The zero-order valence-electron chi connectivity index (χ0n) is 23.2. The monoisotopic (exact) mass is 527 g/mol. The molecule has 0 aliphatic carbocycles. The predicted molar refractivity (Wildman–Crippen MR) is 156 cm³/mol. The summed E-state index contributed by atoms with van der Waals surface area (Å²) in [4.78, 5) is 6.86. The molecule has 7 nitrogen and oxygen atoms in total. The topological polar surface area (TPSA) is 65.1 Å². The summed E-state index contributed by atoms with van der Waals surface area (Å²) in [5.41, 5.74) is 4.26. The molecule has 5 rings (SSSR count). The van der Waals surface area contributed by atoms with E-state index in [9.17, 15) is 0 Å². The van der Waals surface area contributed by atoms with E-state index >= 15 is 0 Å². The molecule has 39 heavy (non-hydrogen) atoms. The van der Waals surface area contributed by atoms with Crippen molar-refractivity contribution < 1.29 is 18.9 Å². The fourth-order valence-corrected chi connectivity index (χ4v) is 4.55. The highest BCUT2D eigenvalue weighted by atomic mass is 16.5. The lowest BCUT2D eigenvalue weighted by atomic mass is 9.87. The van der Waals surface area contributed by atoms with Crippen LogP contribution in [-0.2, 0) is 10.2 Å². The summed E-state index contributed by atoms with van der Waals surface area (Å²) in [6.45, 7) is 11.5. The van der Waals surface area contributed by atoms with Crippen molar-refractivity contribution >= 4 is 22.3 Å². The minimum absolute atomic E-state index is 0.135. The van der Waals surface area contributed by atoms with Crippen molar-refractivity contribution in [2.24, 2.45) is 0 Å². The van der Waals surface area contributed by atoms with Crippen LogP contribution in [0, 0.1) is 0 Å². The largest absolute Gasteiger partial charge is 0.493 e. The van der Waals surface area contributed by atoms with Crippen molar-refractivity contribution in [3.8, 4) is 23.0 Å². The van der Waals surface area contributed by atoms with Gasteiger partial charge in [-0.05, 0) is 59.5 Å². The van der Waals surface area contributed by atoms with Gasteiger partial charge in [-0.25, -0.2) is 0 Å². The van der Waals surface area contributed by atoms with Gasteiger partial charge in [-0.1, -0.05) is 32.9 Å². The normalized spacial score (nSPS) is 14.3. The summed E-state index contributed by atoms with van der Waals surface area (Å²) in [7, 11) is 1.64. The Morgan fingerprint density at radius 2 is 1.56 bits per heavy atom. The maximum atomic E-state index is 6.29. The van der Waals surface area contributed by atoms with E-state index in [1.807, 2.05) is 42.5 Å². The van der Waals surface area contributed by atoms with E-state index in [1.54, 1.807) is 13.3 Å². The van der Waals surface area contributed by atoms with E-state index in [-0.39, 0.29) is 5.41 Å². The smallest absolute Gasteiger partial charge is 0.162 e. The summed E-state index contributed by atoms with van der Waals surface area (Å²) in [6.07, 6.45) is 1.74. The number of rotatable bonds is 9. The standard InChI is InChI=1S/C32H37N3O4/c1-32(2,3)23-5-7-24(8-6-23)34-25-9-11-26(12-10-25)39-29-13-14-33-28-22-30(36-4)31(21-27(28)29)38-20-17-35-15-18-37-19-16-35/h5-14,21-22,34H,15-20H2,1-4H3. The molecule has 3 aromatic carbocycles. The molecule has 0 radical (unpaired) electrons. The van der Waals surface area contributed by atoms with Crippen LogP contribution in [0.4, 0.5) is 11.4 Å². The van der Waals surface area contributed by atoms with Gasteiger partial charge in [-0.15, -0.1) is 0 Å². The Morgan fingerprint density at radius 3 is 2.23 bits per heavy atom. The number of hydrogen-bond acceptors (Lipinski definition) is 7. The molecule has 1 N–H and O–H groups in total. The summed E-state index contributed by atoms with van der Waals surface area (Å²) < 4.78 is 23.5. The van der Waals surface area contributed by atoms with Crippen LogP contribution in [-0.4, -0.2) is 56.4 Å². The summed E-state index contributed by atoms with van der Waals surface area (Å²) >= 11 is 0. The second-order valence-electron chi connectivity index (χ2n) is 10.7. The van der Waals surface area contributed by atoms with Crippen LogP contribution in [0.1, 0.15) is 26.3 Å². The van der Waals surface area contributed by atoms with E-state index in [2.05, 4.69) is 60.2 Å². The molecule has 0 spiro atoms. The molecule has 1 aliphatic rings. The molecule has 0 saturated carbocycles. The molecule has 0 unspecified atom stereocenters. The van der Waals surface area contributed by atoms with Gasteiger partial charge in [0.25, 0.3) is 0 Å². The Kier molecular flexibility index (Phi) is 8.19. The second-order valence-corrected chi connectivity index (χ2v) is 10.7. The molecule has 4 aromatic rings.